The van der Waals surface area contributed by atoms with Crippen LogP contribution < -0.4 is 5.32 Å². The van der Waals surface area contributed by atoms with E-state index in [1.54, 1.807) is 12.1 Å². The van der Waals surface area contributed by atoms with E-state index in [0.29, 0.717) is 5.75 Å². The van der Waals surface area contributed by atoms with Crippen LogP contribution in [0, 0.1) is 21.7 Å². The number of amides is 1. The minimum Gasteiger partial charge on any atom is -0.320 e. The summed E-state index contributed by atoms with van der Waals surface area (Å²) in [6.07, 6.45) is 0. The molecule has 0 atom stereocenters. The quantitative estimate of drug-likeness (QED) is 0.643. The van der Waals surface area contributed by atoms with Gasteiger partial charge in [0.05, 0.1) is 10.7 Å². The highest BCUT2D eigenvalue weighted by Gasteiger charge is 2.12. The first kappa shape index (κ1) is 16.9. The maximum atomic E-state index is 13.4. The third-order valence-corrected chi connectivity index (χ3v) is 3.88. The summed E-state index contributed by atoms with van der Waals surface area (Å²) in [6.45, 7) is 0. The van der Waals surface area contributed by atoms with Gasteiger partial charge in [-0.15, -0.1) is 11.8 Å². The number of nitro groups is 1. The van der Waals surface area contributed by atoms with Crippen LogP contribution in [0.4, 0.5) is 20.2 Å². The molecule has 1 N–H and O–H groups in total. The van der Waals surface area contributed by atoms with Gasteiger partial charge < -0.3 is 5.32 Å². The number of nitrogens with one attached hydrogen (secondary N) is 1. The molecule has 0 spiro atoms. The second-order valence-electron chi connectivity index (χ2n) is 4.56. The Morgan fingerprint density at radius 1 is 1.13 bits per heavy atom. The maximum absolute atomic E-state index is 13.4. The van der Waals surface area contributed by atoms with Crippen LogP contribution in [-0.4, -0.2) is 16.6 Å². The van der Waals surface area contributed by atoms with Gasteiger partial charge in [-0.25, -0.2) is 8.78 Å². The van der Waals surface area contributed by atoms with Crippen LogP contribution in [0.1, 0.15) is 5.56 Å². The van der Waals surface area contributed by atoms with Crippen molar-refractivity contribution in [2.75, 3.05) is 11.1 Å². The fraction of sp³-hybridized carbons (Fsp3) is 0.133. The standard InChI is InChI=1S/C15H12F2N2O3S/c16-12-2-1-3-13(17)15(12)18-14(20)9-23-8-10-4-6-11(7-5-10)19(21)22/h1-7H,8-9H2,(H,18,20). The van der Waals surface area contributed by atoms with Crippen LogP contribution in [0.15, 0.2) is 42.5 Å². The third-order valence-electron chi connectivity index (χ3n) is 2.88. The molecule has 0 saturated heterocycles. The average Bonchev–Trinajstić information content (AvgIpc) is 2.51. The van der Waals surface area contributed by atoms with Gasteiger partial charge in [0.25, 0.3) is 5.69 Å². The zero-order chi connectivity index (χ0) is 16.8. The van der Waals surface area contributed by atoms with Gasteiger partial charge >= 0.3 is 0 Å². The number of hydrogen-bond acceptors (Lipinski definition) is 4. The average molecular weight is 338 g/mol. The Morgan fingerprint density at radius 2 is 1.74 bits per heavy atom. The molecule has 8 heteroatoms. The van der Waals surface area contributed by atoms with Crippen molar-refractivity contribution in [3.63, 3.8) is 0 Å². The number of halogens is 2. The van der Waals surface area contributed by atoms with Crippen LogP contribution >= 0.6 is 11.8 Å². The molecule has 120 valence electrons. The van der Waals surface area contributed by atoms with E-state index in [0.717, 1.165) is 17.7 Å². The first-order chi connectivity index (χ1) is 11.0. The third kappa shape index (κ3) is 4.75. The number of carbonyl (C=O) groups excluding carboxylic acids is 1. The van der Waals surface area contributed by atoms with Crippen molar-refractivity contribution in [2.24, 2.45) is 0 Å². The first-order valence-electron chi connectivity index (χ1n) is 6.52. The van der Waals surface area contributed by atoms with E-state index in [2.05, 4.69) is 5.32 Å². The number of hydrogen-bond donors (Lipinski definition) is 1. The lowest BCUT2D eigenvalue weighted by molar-refractivity contribution is -0.384. The van der Waals surface area contributed by atoms with Crippen molar-refractivity contribution in [3.05, 3.63) is 69.8 Å². The summed E-state index contributed by atoms with van der Waals surface area (Å²) >= 11 is 1.23. The zero-order valence-electron chi connectivity index (χ0n) is 11.8. The molecule has 23 heavy (non-hydrogen) atoms. The largest absolute Gasteiger partial charge is 0.320 e. The van der Waals surface area contributed by atoms with Crippen molar-refractivity contribution >= 4 is 29.0 Å². The minimum absolute atomic E-state index is 0.00472. The van der Waals surface area contributed by atoms with Crippen LogP contribution in [0.5, 0.6) is 0 Å². The zero-order valence-corrected chi connectivity index (χ0v) is 12.6. The molecule has 0 aliphatic carbocycles. The molecule has 0 aliphatic rings. The van der Waals surface area contributed by atoms with Crippen molar-refractivity contribution in [1.29, 1.82) is 0 Å². The van der Waals surface area contributed by atoms with Gasteiger partial charge in [0.2, 0.25) is 5.91 Å². The molecule has 2 rings (SSSR count). The molecule has 2 aromatic carbocycles. The molecule has 0 fully saturated rings. The number of para-hydroxylation sites is 1. The summed E-state index contributed by atoms with van der Waals surface area (Å²) in [4.78, 5) is 21.7. The molecule has 0 radical (unpaired) electrons. The molecular formula is C15H12F2N2O3S. The van der Waals surface area contributed by atoms with E-state index in [1.165, 1.54) is 30.0 Å². The van der Waals surface area contributed by atoms with Gasteiger partial charge in [0.15, 0.2) is 0 Å². The van der Waals surface area contributed by atoms with E-state index in [1.807, 2.05) is 0 Å². The summed E-state index contributed by atoms with van der Waals surface area (Å²) < 4.78 is 26.8. The molecule has 0 unspecified atom stereocenters. The lowest BCUT2D eigenvalue weighted by Crippen LogP contribution is -2.16. The molecule has 0 aromatic heterocycles. The summed E-state index contributed by atoms with van der Waals surface area (Å²) in [7, 11) is 0. The number of non-ortho nitro benzene ring substituents is 1. The Morgan fingerprint density at radius 3 is 2.30 bits per heavy atom. The minimum atomic E-state index is -0.835. The molecule has 2 aromatic rings. The van der Waals surface area contributed by atoms with Crippen molar-refractivity contribution < 1.29 is 18.5 Å². The number of carbonyl (C=O) groups is 1. The normalized spacial score (nSPS) is 10.3. The number of nitro benzene ring substituents is 1. The Balaban J connectivity index is 1.84. The molecular weight excluding hydrogens is 326 g/mol. The van der Waals surface area contributed by atoms with Crippen LogP contribution in [0.3, 0.4) is 0 Å². The number of benzene rings is 2. The summed E-state index contributed by atoms with van der Waals surface area (Å²) in [5, 5.41) is 12.7. The van der Waals surface area contributed by atoms with Crippen molar-refractivity contribution in [1.82, 2.24) is 0 Å². The Kier molecular flexibility index (Phi) is 5.64. The predicted octanol–water partition coefficient (Wildman–Crippen LogP) is 3.74. The van der Waals surface area contributed by atoms with Crippen molar-refractivity contribution in [2.45, 2.75) is 5.75 Å². The van der Waals surface area contributed by atoms with E-state index in [9.17, 15) is 23.7 Å². The topological polar surface area (TPSA) is 72.2 Å². The number of anilines is 1. The number of rotatable bonds is 6. The lowest BCUT2D eigenvalue weighted by atomic mass is 10.2. The number of nitrogens with zero attached hydrogens (tertiary/aromatic N) is 1. The van der Waals surface area contributed by atoms with Crippen LogP contribution in [0.25, 0.3) is 0 Å². The Labute approximate surface area is 134 Å². The van der Waals surface area contributed by atoms with E-state index in [4.69, 9.17) is 0 Å². The lowest BCUT2D eigenvalue weighted by Gasteiger charge is -2.07. The highest BCUT2D eigenvalue weighted by Crippen LogP contribution is 2.20. The molecule has 1 amide bonds. The number of thioether (sulfide) groups is 1. The molecule has 0 saturated carbocycles. The van der Waals surface area contributed by atoms with Gasteiger partial charge in [-0.3, -0.25) is 14.9 Å². The highest BCUT2D eigenvalue weighted by atomic mass is 32.2. The molecule has 0 bridgehead atoms. The van der Waals surface area contributed by atoms with Crippen molar-refractivity contribution in [3.8, 4) is 0 Å². The maximum Gasteiger partial charge on any atom is 0.269 e. The summed E-state index contributed by atoms with van der Waals surface area (Å²) in [5.74, 6) is -1.74. The van der Waals surface area contributed by atoms with E-state index in [-0.39, 0.29) is 11.4 Å². The smallest absolute Gasteiger partial charge is 0.269 e. The van der Waals surface area contributed by atoms with E-state index >= 15 is 0 Å². The van der Waals surface area contributed by atoms with Crippen LogP contribution in [-0.2, 0) is 10.5 Å². The Bertz CT molecular complexity index is 703. The van der Waals surface area contributed by atoms with Gasteiger partial charge in [-0.05, 0) is 17.7 Å². The second kappa shape index (κ2) is 7.68. The fourth-order valence-electron chi connectivity index (χ4n) is 1.77. The molecule has 0 aliphatic heterocycles. The molecule has 0 heterocycles. The predicted molar refractivity (Wildman–Crippen MR) is 84.2 cm³/mol. The monoisotopic (exact) mass is 338 g/mol. The second-order valence-corrected chi connectivity index (χ2v) is 5.55. The van der Waals surface area contributed by atoms with Gasteiger partial charge in [-0.1, -0.05) is 18.2 Å². The van der Waals surface area contributed by atoms with Crippen LogP contribution in [0.2, 0.25) is 0 Å². The van der Waals surface area contributed by atoms with Gasteiger partial charge in [0.1, 0.15) is 17.3 Å². The summed E-state index contributed by atoms with van der Waals surface area (Å²) in [6, 6.07) is 9.28. The van der Waals surface area contributed by atoms with Gasteiger partial charge in [0, 0.05) is 17.9 Å². The highest BCUT2D eigenvalue weighted by molar-refractivity contribution is 7.99. The Hall–Kier alpha value is -2.48. The van der Waals surface area contributed by atoms with Gasteiger partial charge in [-0.2, -0.15) is 0 Å². The van der Waals surface area contributed by atoms with E-state index < -0.39 is 28.2 Å². The molecule has 5 nitrogen and oxygen atoms in total. The SMILES string of the molecule is O=C(CSCc1ccc([N+](=O)[O-])cc1)Nc1c(F)cccc1F. The fourth-order valence-corrected chi connectivity index (χ4v) is 2.56. The first-order valence-corrected chi connectivity index (χ1v) is 7.68. The summed E-state index contributed by atoms with van der Waals surface area (Å²) in [5.41, 5.74) is 0.338.